The number of aryl methyl sites for hydroxylation is 1. The van der Waals surface area contributed by atoms with Crippen LogP contribution in [0.25, 0.3) is 0 Å². The minimum atomic E-state index is 0.0392. The third-order valence-electron chi connectivity index (χ3n) is 2.53. The van der Waals surface area contributed by atoms with Crippen molar-refractivity contribution in [2.45, 2.75) is 25.9 Å². The van der Waals surface area contributed by atoms with Crippen LogP contribution in [0.1, 0.15) is 25.1 Å². The number of aromatic nitrogens is 2. The van der Waals surface area contributed by atoms with Crippen LogP contribution in [0.3, 0.4) is 0 Å². The maximum absolute atomic E-state index is 6.12. The molecule has 0 aliphatic carbocycles. The van der Waals surface area contributed by atoms with E-state index in [1.54, 1.807) is 6.20 Å². The fourth-order valence-electron chi connectivity index (χ4n) is 1.66. The average molecular weight is 246 g/mol. The summed E-state index contributed by atoms with van der Waals surface area (Å²) in [6.07, 6.45) is 2.56. The van der Waals surface area contributed by atoms with Gasteiger partial charge in [0.2, 0.25) is 0 Å². The molecule has 0 saturated carbocycles. The van der Waals surface area contributed by atoms with E-state index in [1.165, 1.54) is 0 Å². The minimum Gasteiger partial charge on any atom is -0.309 e. The fraction of sp³-hybridized carbons (Fsp3) is 0.700. The second-order valence-electron chi connectivity index (χ2n) is 4.00. The zero-order chi connectivity index (χ0) is 12.1. The smallest absolute Gasteiger partial charge is 0.0834 e. The van der Waals surface area contributed by atoms with E-state index in [1.807, 2.05) is 25.7 Å². The van der Waals surface area contributed by atoms with E-state index in [-0.39, 0.29) is 6.04 Å². The van der Waals surface area contributed by atoms with Gasteiger partial charge in [-0.1, -0.05) is 11.6 Å². The highest BCUT2D eigenvalue weighted by Crippen LogP contribution is 2.24. The fourth-order valence-corrected chi connectivity index (χ4v) is 1.93. The highest BCUT2D eigenvalue weighted by Gasteiger charge is 2.18. The predicted octanol–water partition coefficient (Wildman–Crippen LogP) is 1.01. The number of nitrogens with one attached hydrogen (secondary N) is 1. The molecule has 5 nitrogen and oxygen atoms in total. The monoisotopic (exact) mass is 245 g/mol. The van der Waals surface area contributed by atoms with Crippen LogP contribution >= 0.6 is 11.6 Å². The first kappa shape index (κ1) is 13.4. The highest BCUT2D eigenvalue weighted by atomic mass is 35.5. The van der Waals surface area contributed by atoms with Gasteiger partial charge in [-0.15, -0.1) is 0 Å². The molecular weight excluding hydrogens is 226 g/mol. The molecular formula is C10H20ClN5. The maximum Gasteiger partial charge on any atom is 0.0834 e. The number of nitrogens with zero attached hydrogens (tertiary/aromatic N) is 3. The number of hydrazine groups is 1. The van der Waals surface area contributed by atoms with E-state index in [0.717, 1.165) is 25.2 Å². The molecule has 0 spiro atoms. The van der Waals surface area contributed by atoms with Crippen molar-refractivity contribution in [3.63, 3.8) is 0 Å². The Balaban J connectivity index is 2.81. The Morgan fingerprint density at radius 3 is 2.81 bits per heavy atom. The summed E-state index contributed by atoms with van der Waals surface area (Å²) >= 11 is 6.12. The van der Waals surface area contributed by atoms with Gasteiger partial charge in [0.25, 0.3) is 0 Å². The first-order chi connectivity index (χ1) is 7.60. The third-order valence-corrected chi connectivity index (χ3v) is 2.82. The van der Waals surface area contributed by atoms with Crippen molar-refractivity contribution in [2.75, 3.05) is 20.6 Å². The number of halogens is 1. The second-order valence-corrected chi connectivity index (χ2v) is 4.41. The highest BCUT2D eigenvalue weighted by molar-refractivity contribution is 6.31. The Morgan fingerprint density at radius 2 is 2.31 bits per heavy atom. The molecule has 0 aliphatic heterocycles. The van der Waals surface area contributed by atoms with Crippen molar-refractivity contribution in [1.29, 1.82) is 0 Å². The van der Waals surface area contributed by atoms with E-state index in [2.05, 4.69) is 15.4 Å². The molecule has 0 fully saturated rings. The van der Waals surface area contributed by atoms with E-state index in [0.29, 0.717) is 5.02 Å². The lowest BCUT2D eigenvalue weighted by atomic mass is 10.1. The second kappa shape index (κ2) is 6.20. The van der Waals surface area contributed by atoms with Crippen molar-refractivity contribution in [3.8, 4) is 0 Å². The normalized spacial score (nSPS) is 13.4. The van der Waals surface area contributed by atoms with E-state index < -0.39 is 0 Å². The first-order valence-electron chi connectivity index (χ1n) is 5.42. The Bertz CT molecular complexity index is 323. The summed E-state index contributed by atoms with van der Waals surface area (Å²) < 4.78 is 1.88. The van der Waals surface area contributed by atoms with Gasteiger partial charge < -0.3 is 4.90 Å². The van der Waals surface area contributed by atoms with Crippen molar-refractivity contribution in [1.82, 2.24) is 20.1 Å². The lowest BCUT2D eigenvalue weighted by molar-refractivity contribution is 0.354. The number of hydrogen-bond acceptors (Lipinski definition) is 4. The van der Waals surface area contributed by atoms with Crippen LogP contribution in [0.4, 0.5) is 0 Å². The van der Waals surface area contributed by atoms with Gasteiger partial charge in [-0.2, -0.15) is 5.10 Å². The lowest BCUT2D eigenvalue weighted by Crippen LogP contribution is -2.32. The standard InChI is InChI=1S/C10H20ClN5/c1-4-16-10(8(11)7-13-16)9(14-12)5-6-15(2)3/h7,9,14H,4-6,12H2,1-3H3. The number of hydrogen-bond donors (Lipinski definition) is 2. The van der Waals surface area contributed by atoms with Gasteiger partial charge in [0.15, 0.2) is 0 Å². The molecule has 0 saturated heterocycles. The molecule has 1 heterocycles. The average Bonchev–Trinajstić information content (AvgIpc) is 2.61. The Morgan fingerprint density at radius 1 is 1.62 bits per heavy atom. The van der Waals surface area contributed by atoms with Crippen LogP contribution in [0.15, 0.2) is 6.20 Å². The number of rotatable bonds is 6. The van der Waals surface area contributed by atoms with Gasteiger partial charge in [0, 0.05) is 6.54 Å². The quantitative estimate of drug-likeness (QED) is 0.580. The molecule has 92 valence electrons. The molecule has 0 bridgehead atoms. The minimum absolute atomic E-state index is 0.0392. The van der Waals surface area contributed by atoms with Crippen LogP contribution in [0.5, 0.6) is 0 Å². The SMILES string of the molecule is CCn1ncc(Cl)c1C(CCN(C)C)NN. The van der Waals surface area contributed by atoms with Crippen LogP contribution in [-0.4, -0.2) is 35.3 Å². The van der Waals surface area contributed by atoms with Gasteiger partial charge in [-0.25, -0.2) is 0 Å². The summed E-state index contributed by atoms with van der Waals surface area (Å²) in [7, 11) is 4.07. The van der Waals surface area contributed by atoms with Gasteiger partial charge in [-0.05, 0) is 34.0 Å². The zero-order valence-corrected chi connectivity index (χ0v) is 10.8. The molecule has 0 radical (unpaired) electrons. The molecule has 1 rings (SSSR count). The first-order valence-corrected chi connectivity index (χ1v) is 5.80. The molecule has 1 unspecified atom stereocenters. The van der Waals surface area contributed by atoms with Crippen LogP contribution in [-0.2, 0) is 6.54 Å². The van der Waals surface area contributed by atoms with E-state index in [4.69, 9.17) is 17.4 Å². The third kappa shape index (κ3) is 3.18. The molecule has 1 atom stereocenters. The van der Waals surface area contributed by atoms with Crippen molar-refractivity contribution >= 4 is 11.6 Å². The van der Waals surface area contributed by atoms with Crippen LogP contribution < -0.4 is 11.3 Å². The largest absolute Gasteiger partial charge is 0.309 e. The van der Waals surface area contributed by atoms with Gasteiger partial charge in [0.05, 0.1) is 23.0 Å². The summed E-state index contributed by atoms with van der Waals surface area (Å²) in [5.41, 5.74) is 3.77. The van der Waals surface area contributed by atoms with Crippen molar-refractivity contribution in [3.05, 3.63) is 16.9 Å². The summed E-state index contributed by atoms with van der Waals surface area (Å²) in [5.74, 6) is 5.57. The molecule has 1 aromatic heterocycles. The van der Waals surface area contributed by atoms with Crippen molar-refractivity contribution < 1.29 is 0 Å². The molecule has 16 heavy (non-hydrogen) atoms. The molecule has 1 aromatic rings. The number of nitrogens with two attached hydrogens (primary N) is 1. The maximum atomic E-state index is 6.12. The summed E-state index contributed by atoms with van der Waals surface area (Å²) in [5, 5.41) is 4.88. The zero-order valence-electron chi connectivity index (χ0n) is 10.1. The van der Waals surface area contributed by atoms with Gasteiger partial charge >= 0.3 is 0 Å². The molecule has 0 aliphatic rings. The van der Waals surface area contributed by atoms with Gasteiger partial charge in [-0.3, -0.25) is 16.0 Å². The Kier molecular flexibility index (Phi) is 5.21. The molecule has 0 amide bonds. The summed E-state index contributed by atoms with van der Waals surface area (Å²) in [6, 6.07) is 0.0392. The predicted molar refractivity (Wildman–Crippen MR) is 66.1 cm³/mol. The Labute approximate surface area is 102 Å². The van der Waals surface area contributed by atoms with Gasteiger partial charge in [0.1, 0.15) is 0 Å². The summed E-state index contributed by atoms with van der Waals surface area (Å²) in [6.45, 7) is 3.77. The van der Waals surface area contributed by atoms with Crippen LogP contribution in [0.2, 0.25) is 5.02 Å². The van der Waals surface area contributed by atoms with Crippen molar-refractivity contribution in [2.24, 2.45) is 5.84 Å². The topological polar surface area (TPSA) is 59.1 Å². The molecule has 3 N–H and O–H groups in total. The lowest BCUT2D eigenvalue weighted by Gasteiger charge is -2.19. The van der Waals surface area contributed by atoms with E-state index >= 15 is 0 Å². The summed E-state index contributed by atoms with van der Waals surface area (Å²) in [4.78, 5) is 2.12. The van der Waals surface area contributed by atoms with Crippen LogP contribution in [0, 0.1) is 0 Å². The Hall–Kier alpha value is -0.620. The molecule has 6 heteroatoms. The van der Waals surface area contributed by atoms with E-state index in [9.17, 15) is 0 Å². The molecule has 0 aromatic carbocycles.